The largest absolute Gasteiger partial charge is 0.369 e. The zero-order chi connectivity index (χ0) is 20.3. The molecule has 0 bridgehead atoms. The van der Waals surface area contributed by atoms with Crippen LogP contribution in [0.2, 0.25) is 0 Å². The van der Waals surface area contributed by atoms with Gasteiger partial charge in [0.15, 0.2) is 0 Å². The van der Waals surface area contributed by atoms with E-state index < -0.39 is 10.0 Å². The molecule has 1 aliphatic heterocycles. The third-order valence-corrected chi connectivity index (χ3v) is 6.45. The van der Waals surface area contributed by atoms with Gasteiger partial charge in [-0.2, -0.15) is 8.42 Å². The normalized spacial score (nSPS) is 16.3. The minimum Gasteiger partial charge on any atom is -0.369 e. The Morgan fingerprint density at radius 2 is 1.52 bits per heavy atom. The molecule has 0 radical (unpaired) electrons. The van der Waals surface area contributed by atoms with E-state index in [4.69, 9.17) is 5.73 Å². The minimum absolute atomic E-state index is 0.0533. The SMILES string of the molecule is NC(=NS(=O)(=O)c1ccc2ccccc2c1)N1CCN(Cc2ccccc2)CC1. The molecule has 0 spiro atoms. The average molecular weight is 409 g/mol. The molecular weight excluding hydrogens is 384 g/mol. The zero-order valence-corrected chi connectivity index (χ0v) is 16.9. The highest BCUT2D eigenvalue weighted by molar-refractivity contribution is 7.90. The van der Waals surface area contributed by atoms with Gasteiger partial charge >= 0.3 is 0 Å². The highest BCUT2D eigenvalue weighted by Gasteiger charge is 2.21. The van der Waals surface area contributed by atoms with Gasteiger partial charge < -0.3 is 10.6 Å². The fourth-order valence-electron chi connectivity index (χ4n) is 3.54. The van der Waals surface area contributed by atoms with Crippen LogP contribution >= 0.6 is 0 Å². The van der Waals surface area contributed by atoms with Crippen molar-refractivity contribution in [3.05, 3.63) is 78.4 Å². The Hall–Kier alpha value is -2.90. The number of guanidine groups is 1. The quantitative estimate of drug-likeness (QED) is 0.530. The summed E-state index contributed by atoms with van der Waals surface area (Å²) in [6, 6.07) is 22.9. The summed E-state index contributed by atoms with van der Waals surface area (Å²) in [5.41, 5.74) is 7.33. The van der Waals surface area contributed by atoms with E-state index >= 15 is 0 Å². The first-order valence-corrected chi connectivity index (χ1v) is 11.1. The molecule has 1 fully saturated rings. The van der Waals surface area contributed by atoms with Crippen LogP contribution in [0.25, 0.3) is 10.8 Å². The molecule has 0 aliphatic carbocycles. The summed E-state index contributed by atoms with van der Waals surface area (Å²) in [5, 5.41) is 1.84. The Morgan fingerprint density at radius 3 is 2.24 bits per heavy atom. The first-order chi connectivity index (χ1) is 14.0. The van der Waals surface area contributed by atoms with Gasteiger partial charge in [-0.15, -0.1) is 4.40 Å². The second-order valence-corrected chi connectivity index (χ2v) is 8.79. The molecule has 0 unspecified atom stereocenters. The molecule has 29 heavy (non-hydrogen) atoms. The molecule has 0 aromatic heterocycles. The lowest BCUT2D eigenvalue weighted by Crippen LogP contribution is -2.50. The van der Waals surface area contributed by atoms with Crippen LogP contribution in [-0.4, -0.2) is 50.4 Å². The molecule has 0 saturated carbocycles. The molecule has 3 aromatic carbocycles. The van der Waals surface area contributed by atoms with Crippen molar-refractivity contribution in [3.63, 3.8) is 0 Å². The van der Waals surface area contributed by atoms with Gasteiger partial charge in [0.25, 0.3) is 10.0 Å². The van der Waals surface area contributed by atoms with Crippen molar-refractivity contribution in [2.75, 3.05) is 26.2 Å². The maximum Gasteiger partial charge on any atom is 0.285 e. The summed E-state index contributed by atoms with van der Waals surface area (Å²) in [6.45, 7) is 3.79. The lowest BCUT2D eigenvalue weighted by atomic mass is 10.1. The zero-order valence-electron chi connectivity index (χ0n) is 16.1. The molecule has 1 heterocycles. The number of hydrogen-bond donors (Lipinski definition) is 1. The minimum atomic E-state index is -3.85. The van der Waals surface area contributed by atoms with Gasteiger partial charge in [0.05, 0.1) is 4.90 Å². The van der Waals surface area contributed by atoms with E-state index in [1.165, 1.54) is 5.56 Å². The van der Waals surface area contributed by atoms with Crippen molar-refractivity contribution in [2.45, 2.75) is 11.4 Å². The number of fused-ring (bicyclic) bond motifs is 1. The van der Waals surface area contributed by atoms with Crippen molar-refractivity contribution in [1.29, 1.82) is 0 Å². The Labute approximate surface area is 171 Å². The van der Waals surface area contributed by atoms with Crippen LogP contribution in [0, 0.1) is 0 Å². The summed E-state index contributed by atoms with van der Waals surface area (Å²) < 4.78 is 29.4. The topological polar surface area (TPSA) is 79.0 Å². The summed E-state index contributed by atoms with van der Waals surface area (Å²) in [6.07, 6.45) is 0. The second kappa shape index (κ2) is 8.23. The van der Waals surface area contributed by atoms with E-state index in [2.05, 4.69) is 21.4 Å². The average Bonchev–Trinajstić information content (AvgIpc) is 2.74. The Morgan fingerprint density at radius 1 is 0.862 bits per heavy atom. The number of sulfonamides is 1. The molecular formula is C22H24N4O2S. The number of piperazine rings is 1. The maximum atomic E-state index is 12.7. The summed E-state index contributed by atoms with van der Waals surface area (Å²) >= 11 is 0. The Kier molecular flexibility index (Phi) is 5.51. The first kappa shape index (κ1) is 19.4. The van der Waals surface area contributed by atoms with Gasteiger partial charge in [0.2, 0.25) is 5.96 Å². The van der Waals surface area contributed by atoms with Gasteiger partial charge in [0.1, 0.15) is 0 Å². The fourth-order valence-corrected chi connectivity index (χ4v) is 4.52. The van der Waals surface area contributed by atoms with E-state index in [-0.39, 0.29) is 10.9 Å². The number of nitrogens with zero attached hydrogens (tertiary/aromatic N) is 3. The van der Waals surface area contributed by atoms with E-state index in [9.17, 15) is 8.42 Å². The second-order valence-electron chi connectivity index (χ2n) is 7.18. The van der Waals surface area contributed by atoms with Crippen molar-refractivity contribution >= 4 is 26.8 Å². The van der Waals surface area contributed by atoms with Crippen LogP contribution in [0.5, 0.6) is 0 Å². The third-order valence-electron chi connectivity index (χ3n) is 5.18. The van der Waals surface area contributed by atoms with Crippen molar-refractivity contribution < 1.29 is 8.42 Å². The van der Waals surface area contributed by atoms with E-state index in [0.717, 1.165) is 30.4 Å². The predicted molar refractivity (Wildman–Crippen MR) is 116 cm³/mol. The van der Waals surface area contributed by atoms with Gasteiger partial charge in [-0.25, -0.2) is 0 Å². The molecule has 0 atom stereocenters. The molecule has 4 rings (SSSR count). The van der Waals surface area contributed by atoms with Crippen molar-refractivity contribution in [3.8, 4) is 0 Å². The predicted octanol–water partition coefficient (Wildman–Crippen LogP) is 2.66. The fraction of sp³-hybridized carbons (Fsp3) is 0.227. The van der Waals surface area contributed by atoms with Crippen LogP contribution in [-0.2, 0) is 16.6 Å². The lowest BCUT2D eigenvalue weighted by molar-refractivity contribution is 0.174. The summed E-state index contributed by atoms with van der Waals surface area (Å²) in [7, 11) is -3.85. The highest BCUT2D eigenvalue weighted by Crippen LogP contribution is 2.20. The number of hydrogen-bond acceptors (Lipinski definition) is 3. The van der Waals surface area contributed by atoms with Gasteiger partial charge in [-0.1, -0.05) is 60.7 Å². The van der Waals surface area contributed by atoms with Crippen molar-refractivity contribution in [2.24, 2.45) is 10.1 Å². The van der Waals surface area contributed by atoms with E-state index in [1.54, 1.807) is 18.2 Å². The molecule has 0 amide bonds. The van der Waals surface area contributed by atoms with Crippen LogP contribution in [0.4, 0.5) is 0 Å². The van der Waals surface area contributed by atoms with Crippen LogP contribution in [0.1, 0.15) is 5.56 Å². The Balaban J connectivity index is 1.43. The van der Waals surface area contributed by atoms with Gasteiger partial charge in [-0.3, -0.25) is 4.90 Å². The lowest BCUT2D eigenvalue weighted by Gasteiger charge is -2.35. The number of nitrogens with two attached hydrogens (primary N) is 1. The molecule has 3 aromatic rings. The smallest absolute Gasteiger partial charge is 0.285 e. The van der Waals surface area contributed by atoms with E-state index in [0.29, 0.717) is 13.1 Å². The number of rotatable bonds is 4. The third kappa shape index (κ3) is 4.58. The summed E-state index contributed by atoms with van der Waals surface area (Å²) in [4.78, 5) is 4.32. The maximum absolute atomic E-state index is 12.7. The Bertz CT molecular complexity index is 1120. The summed E-state index contributed by atoms with van der Waals surface area (Å²) in [5.74, 6) is 0.0533. The van der Waals surface area contributed by atoms with Crippen LogP contribution in [0.15, 0.2) is 82.1 Å². The highest BCUT2D eigenvalue weighted by atomic mass is 32.2. The molecule has 1 aliphatic rings. The van der Waals surface area contributed by atoms with Gasteiger partial charge in [0, 0.05) is 32.7 Å². The molecule has 150 valence electrons. The van der Waals surface area contributed by atoms with Gasteiger partial charge in [-0.05, 0) is 28.5 Å². The molecule has 6 nitrogen and oxygen atoms in total. The number of benzene rings is 3. The standard InChI is InChI=1S/C22H24N4O2S/c23-22(26-14-12-25(13-15-26)17-18-6-2-1-3-7-18)24-29(27,28)21-11-10-19-8-4-5-9-20(19)16-21/h1-11,16H,12-15,17H2,(H2,23,24). The van der Waals surface area contributed by atoms with E-state index in [1.807, 2.05) is 47.4 Å². The van der Waals surface area contributed by atoms with Crippen molar-refractivity contribution in [1.82, 2.24) is 9.80 Å². The monoisotopic (exact) mass is 408 g/mol. The molecule has 1 saturated heterocycles. The molecule has 2 N–H and O–H groups in total. The molecule has 7 heteroatoms. The van der Waals surface area contributed by atoms with Crippen LogP contribution < -0.4 is 5.73 Å². The van der Waals surface area contributed by atoms with Crippen LogP contribution in [0.3, 0.4) is 0 Å². The first-order valence-electron chi connectivity index (χ1n) is 9.62.